The molecule has 20 heavy (non-hydrogen) atoms. The summed E-state index contributed by atoms with van der Waals surface area (Å²) in [5.74, 6) is -0.517. The van der Waals surface area contributed by atoms with Crippen LogP contribution in [0.2, 0.25) is 0 Å². The first kappa shape index (κ1) is 15.0. The van der Waals surface area contributed by atoms with E-state index in [0.29, 0.717) is 0 Å². The summed E-state index contributed by atoms with van der Waals surface area (Å²) >= 11 is 0. The molecule has 3 nitrogen and oxygen atoms in total. The summed E-state index contributed by atoms with van der Waals surface area (Å²) < 4.78 is 13.5. The zero-order valence-electron chi connectivity index (χ0n) is 12.1. The highest BCUT2D eigenvalue weighted by molar-refractivity contribution is 5.94. The summed E-state index contributed by atoms with van der Waals surface area (Å²) in [6, 6.07) is 6.07. The first-order valence-corrected chi connectivity index (χ1v) is 7.48. The molecular formula is C16H23FN2O. The van der Waals surface area contributed by atoms with Crippen LogP contribution >= 0.6 is 0 Å². The van der Waals surface area contributed by atoms with Gasteiger partial charge in [0.2, 0.25) is 5.91 Å². The molecule has 1 amide bonds. The van der Waals surface area contributed by atoms with Crippen LogP contribution in [0.1, 0.15) is 39.0 Å². The molecule has 110 valence electrons. The van der Waals surface area contributed by atoms with E-state index in [1.165, 1.54) is 25.3 Å². The van der Waals surface area contributed by atoms with Crippen LogP contribution in [0.4, 0.5) is 10.1 Å². The number of benzene rings is 1. The number of nitrogens with zero attached hydrogens (tertiary/aromatic N) is 1. The maximum atomic E-state index is 13.5. The Morgan fingerprint density at radius 2 is 1.75 bits per heavy atom. The van der Waals surface area contributed by atoms with Gasteiger partial charge in [-0.1, -0.05) is 31.4 Å². The third kappa shape index (κ3) is 4.04. The van der Waals surface area contributed by atoms with Crippen LogP contribution < -0.4 is 5.32 Å². The van der Waals surface area contributed by atoms with Gasteiger partial charge in [-0.25, -0.2) is 4.39 Å². The van der Waals surface area contributed by atoms with E-state index in [2.05, 4.69) is 10.2 Å². The molecule has 1 aliphatic rings. The van der Waals surface area contributed by atoms with Gasteiger partial charge in [0, 0.05) is 0 Å². The lowest BCUT2D eigenvalue weighted by molar-refractivity contribution is -0.120. The van der Waals surface area contributed by atoms with Crippen LogP contribution in [0.5, 0.6) is 0 Å². The highest BCUT2D eigenvalue weighted by Gasteiger charge is 2.22. The normalized spacial score (nSPS) is 18.9. The van der Waals surface area contributed by atoms with Crippen LogP contribution in [-0.2, 0) is 4.79 Å². The van der Waals surface area contributed by atoms with E-state index in [1.807, 2.05) is 6.92 Å². The number of likely N-dealkylation sites (tertiary alicyclic amines) is 1. The van der Waals surface area contributed by atoms with E-state index in [0.717, 1.165) is 25.9 Å². The molecule has 1 aromatic rings. The number of carbonyl (C=O) groups is 1. The van der Waals surface area contributed by atoms with E-state index in [-0.39, 0.29) is 23.5 Å². The topological polar surface area (TPSA) is 32.3 Å². The molecule has 2 rings (SSSR count). The summed E-state index contributed by atoms with van der Waals surface area (Å²) in [6.45, 7) is 3.80. The fourth-order valence-corrected chi connectivity index (χ4v) is 2.62. The van der Waals surface area contributed by atoms with E-state index in [9.17, 15) is 9.18 Å². The van der Waals surface area contributed by atoms with Crippen molar-refractivity contribution in [3.63, 3.8) is 0 Å². The van der Waals surface area contributed by atoms with Crippen molar-refractivity contribution in [3.8, 4) is 0 Å². The van der Waals surface area contributed by atoms with Gasteiger partial charge < -0.3 is 5.32 Å². The van der Waals surface area contributed by atoms with Gasteiger partial charge in [-0.3, -0.25) is 9.69 Å². The van der Waals surface area contributed by atoms with Gasteiger partial charge in [0.05, 0.1) is 11.7 Å². The predicted octanol–water partition coefficient (Wildman–Crippen LogP) is 3.42. The lowest BCUT2D eigenvalue weighted by Crippen LogP contribution is -2.43. The van der Waals surface area contributed by atoms with Crippen molar-refractivity contribution in [2.75, 3.05) is 18.4 Å². The quantitative estimate of drug-likeness (QED) is 0.919. The molecule has 0 unspecified atom stereocenters. The minimum atomic E-state index is -0.388. The summed E-state index contributed by atoms with van der Waals surface area (Å²) in [5.41, 5.74) is 0.261. The lowest BCUT2D eigenvalue weighted by Gasteiger charge is -2.29. The first-order chi connectivity index (χ1) is 9.68. The third-order valence-electron chi connectivity index (χ3n) is 3.95. The van der Waals surface area contributed by atoms with Gasteiger partial charge in [-0.05, 0) is 45.0 Å². The molecule has 1 heterocycles. The van der Waals surface area contributed by atoms with Crippen LogP contribution in [-0.4, -0.2) is 29.9 Å². The minimum absolute atomic E-state index is 0.129. The van der Waals surface area contributed by atoms with Gasteiger partial charge in [-0.15, -0.1) is 0 Å². The van der Waals surface area contributed by atoms with Crippen LogP contribution in [0.15, 0.2) is 24.3 Å². The smallest absolute Gasteiger partial charge is 0.241 e. The van der Waals surface area contributed by atoms with E-state index in [1.54, 1.807) is 18.2 Å². The van der Waals surface area contributed by atoms with E-state index >= 15 is 0 Å². The minimum Gasteiger partial charge on any atom is -0.322 e. The molecule has 0 radical (unpaired) electrons. The maximum absolute atomic E-state index is 13.5. The number of carbonyl (C=O) groups excluding carboxylic acids is 1. The Labute approximate surface area is 120 Å². The number of para-hydroxylation sites is 1. The number of hydrogen-bond acceptors (Lipinski definition) is 2. The zero-order chi connectivity index (χ0) is 14.4. The number of halogens is 1. The third-order valence-corrected chi connectivity index (χ3v) is 3.95. The SMILES string of the molecule is C[C@@H](C(=O)Nc1ccccc1F)N1CCCCCCC1. The summed E-state index contributed by atoms with van der Waals surface area (Å²) in [5, 5.41) is 2.69. The van der Waals surface area contributed by atoms with Crippen LogP contribution in [0.3, 0.4) is 0 Å². The van der Waals surface area contributed by atoms with Crippen molar-refractivity contribution in [3.05, 3.63) is 30.1 Å². The number of anilines is 1. The summed E-state index contributed by atoms with van der Waals surface area (Å²) in [4.78, 5) is 14.4. The van der Waals surface area contributed by atoms with Crippen molar-refractivity contribution in [2.45, 2.75) is 45.1 Å². The number of nitrogens with one attached hydrogen (secondary N) is 1. The predicted molar refractivity (Wildman–Crippen MR) is 79.1 cm³/mol. The second kappa shape index (κ2) is 7.39. The molecule has 0 spiro atoms. The van der Waals surface area contributed by atoms with Crippen molar-refractivity contribution < 1.29 is 9.18 Å². The molecular weight excluding hydrogens is 255 g/mol. The molecule has 0 aliphatic carbocycles. The Hall–Kier alpha value is -1.42. The van der Waals surface area contributed by atoms with Crippen molar-refractivity contribution in [2.24, 2.45) is 0 Å². The second-order valence-electron chi connectivity index (χ2n) is 5.45. The van der Waals surface area contributed by atoms with Crippen molar-refractivity contribution in [1.29, 1.82) is 0 Å². The molecule has 1 N–H and O–H groups in total. The Kier molecular flexibility index (Phi) is 5.53. The summed E-state index contributed by atoms with van der Waals surface area (Å²) in [7, 11) is 0. The Morgan fingerprint density at radius 3 is 2.40 bits per heavy atom. The standard InChI is InChI=1S/C16H23FN2O/c1-13(19-11-7-3-2-4-8-12-19)16(20)18-15-10-6-5-9-14(15)17/h5-6,9-10,13H,2-4,7-8,11-12H2,1H3,(H,18,20)/t13-/m0/s1. The molecule has 0 aromatic heterocycles. The van der Waals surface area contributed by atoms with Gasteiger partial charge in [0.25, 0.3) is 0 Å². The van der Waals surface area contributed by atoms with Crippen LogP contribution in [0, 0.1) is 5.82 Å². The first-order valence-electron chi connectivity index (χ1n) is 7.48. The number of amides is 1. The number of rotatable bonds is 3. The lowest BCUT2D eigenvalue weighted by atomic mass is 10.1. The largest absolute Gasteiger partial charge is 0.322 e. The Balaban J connectivity index is 1.95. The zero-order valence-corrected chi connectivity index (χ0v) is 12.1. The van der Waals surface area contributed by atoms with E-state index in [4.69, 9.17) is 0 Å². The Bertz CT molecular complexity index is 442. The summed E-state index contributed by atoms with van der Waals surface area (Å²) in [6.07, 6.45) is 6.04. The molecule has 1 aliphatic heterocycles. The Morgan fingerprint density at radius 1 is 1.15 bits per heavy atom. The highest BCUT2D eigenvalue weighted by Crippen LogP contribution is 2.16. The van der Waals surface area contributed by atoms with Gasteiger partial charge >= 0.3 is 0 Å². The monoisotopic (exact) mass is 278 g/mol. The molecule has 1 atom stereocenters. The molecule has 1 fully saturated rings. The maximum Gasteiger partial charge on any atom is 0.241 e. The highest BCUT2D eigenvalue weighted by atomic mass is 19.1. The fraction of sp³-hybridized carbons (Fsp3) is 0.562. The average molecular weight is 278 g/mol. The van der Waals surface area contributed by atoms with Gasteiger partial charge in [-0.2, -0.15) is 0 Å². The van der Waals surface area contributed by atoms with Gasteiger partial charge in [0.15, 0.2) is 0 Å². The van der Waals surface area contributed by atoms with Crippen molar-refractivity contribution >= 4 is 11.6 Å². The number of hydrogen-bond donors (Lipinski definition) is 1. The molecule has 1 saturated heterocycles. The van der Waals surface area contributed by atoms with Gasteiger partial charge in [0.1, 0.15) is 5.82 Å². The molecule has 1 aromatic carbocycles. The van der Waals surface area contributed by atoms with Crippen molar-refractivity contribution in [1.82, 2.24) is 4.90 Å². The average Bonchev–Trinajstić information content (AvgIpc) is 2.40. The van der Waals surface area contributed by atoms with E-state index < -0.39 is 0 Å². The molecule has 4 heteroatoms. The molecule has 0 saturated carbocycles. The fourth-order valence-electron chi connectivity index (χ4n) is 2.62. The van der Waals surface area contributed by atoms with Crippen LogP contribution in [0.25, 0.3) is 0 Å². The second-order valence-corrected chi connectivity index (χ2v) is 5.45. The molecule has 0 bridgehead atoms.